The summed E-state index contributed by atoms with van der Waals surface area (Å²) in [5, 5.41) is 9.85. The molecule has 0 saturated heterocycles. The van der Waals surface area contributed by atoms with Crippen LogP contribution in [0.4, 0.5) is 4.79 Å². The smallest absolute Gasteiger partial charge is 0.490 e. The highest BCUT2D eigenvalue weighted by atomic mass is 16.7. The van der Waals surface area contributed by atoms with E-state index < -0.39 is 6.16 Å². The van der Waals surface area contributed by atoms with Crippen molar-refractivity contribution >= 4 is 6.16 Å². The van der Waals surface area contributed by atoms with Crippen LogP contribution in [-0.4, -0.2) is 37.2 Å². The number of carbonyl (C=O) groups is 1. The molecular weight excluding hydrogens is 284 g/mol. The summed E-state index contributed by atoms with van der Waals surface area (Å²) in [6.45, 7) is 2.48. The molecule has 122 valence electrons. The summed E-state index contributed by atoms with van der Waals surface area (Å²) in [6.07, 6.45) is 3.23. The summed E-state index contributed by atoms with van der Waals surface area (Å²) >= 11 is 0. The Morgan fingerprint density at radius 2 is 1.95 bits per heavy atom. The van der Waals surface area contributed by atoms with Crippen molar-refractivity contribution in [3.63, 3.8) is 0 Å². The molecule has 0 radical (unpaired) electrons. The number of carbonyl (C=O) groups excluding carboxylic acids is 1. The van der Waals surface area contributed by atoms with E-state index in [9.17, 15) is 9.90 Å². The number of aliphatic hydroxyl groups excluding tert-OH is 1. The van der Waals surface area contributed by atoms with Crippen LogP contribution in [0.1, 0.15) is 31.7 Å². The fourth-order valence-corrected chi connectivity index (χ4v) is 2.72. The Morgan fingerprint density at radius 3 is 2.59 bits per heavy atom. The average molecular weight is 308 g/mol. The summed E-state index contributed by atoms with van der Waals surface area (Å²) in [7, 11) is 0. The van der Waals surface area contributed by atoms with Crippen LogP contribution in [0, 0.1) is 5.92 Å². The summed E-state index contributed by atoms with van der Waals surface area (Å²) in [5.41, 5.74) is 1.21. The molecule has 0 aliphatic heterocycles. The molecule has 2 rings (SSSR count). The molecule has 0 heterocycles. The molecule has 1 aromatic rings. The third-order valence-corrected chi connectivity index (χ3v) is 3.87. The van der Waals surface area contributed by atoms with Gasteiger partial charge in [0.2, 0.25) is 0 Å². The van der Waals surface area contributed by atoms with E-state index in [0.29, 0.717) is 19.1 Å². The van der Waals surface area contributed by atoms with Crippen LogP contribution in [0.5, 0.6) is 5.75 Å². The minimum absolute atomic E-state index is 0.157. The Bertz CT molecular complexity index is 457. The van der Waals surface area contributed by atoms with Crippen LogP contribution >= 0.6 is 0 Å². The molecule has 0 bridgehead atoms. The second-order valence-corrected chi connectivity index (χ2v) is 5.49. The van der Waals surface area contributed by atoms with Gasteiger partial charge in [-0.1, -0.05) is 18.6 Å². The number of ether oxygens (including phenoxy) is 3. The molecule has 1 aromatic carbocycles. The Morgan fingerprint density at radius 1 is 1.18 bits per heavy atom. The van der Waals surface area contributed by atoms with Gasteiger partial charge in [0.1, 0.15) is 19.0 Å². The van der Waals surface area contributed by atoms with E-state index in [4.69, 9.17) is 9.47 Å². The first-order valence-electron chi connectivity index (χ1n) is 7.88. The lowest BCUT2D eigenvalue weighted by Crippen LogP contribution is -2.15. The molecule has 2 atom stereocenters. The molecular formula is C17H24O5. The number of hydrogen-bond acceptors (Lipinski definition) is 5. The summed E-state index contributed by atoms with van der Waals surface area (Å²) in [4.78, 5) is 11.0. The minimum atomic E-state index is -0.670. The van der Waals surface area contributed by atoms with Crippen molar-refractivity contribution in [3.8, 4) is 5.75 Å². The van der Waals surface area contributed by atoms with Gasteiger partial charge in [-0.25, -0.2) is 4.79 Å². The Labute approximate surface area is 131 Å². The molecule has 22 heavy (non-hydrogen) atoms. The zero-order valence-electron chi connectivity index (χ0n) is 13.0. The SMILES string of the molecule is CCOC(=O)OCCOc1ccc(C[C@H]2CCC[C@@H]2O)cc1. The van der Waals surface area contributed by atoms with Crippen molar-refractivity contribution in [1.82, 2.24) is 0 Å². The fraction of sp³-hybridized carbons (Fsp3) is 0.588. The van der Waals surface area contributed by atoms with Gasteiger partial charge in [-0.15, -0.1) is 0 Å². The monoisotopic (exact) mass is 308 g/mol. The van der Waals surface area contributed by atoms with Gasteiger partial charge in [0.25, 0.3) is 0 Å². The maximum atomic E-state index is 11.0. The molecule has 1 N–H and O–H groups in total. The van der Waals surface area contributed by atoms with Gasteiger partial charge in [0, 0.05) is 0 Å². The zero-order valence-corrected chi connectivity index (χ0v) is 13.0. The van der Waals surface area contributed by atoms with Gasteiger partial charge in [-0.3, -0.25) is 0 Å². The van der Waals surface area contributed by atoms with E-state index in [1.54, 1.807) is 6.92 Å². The van der Waals surface area contributed by atoms with Crippen LogP contribution in [0.15, 0.2) is 24.3 Å². The van der Waals surface area contributed by atoms with E-state index in [0.717, 1.165) is 31.4 Å². The van der Waals surface area contributed by atoms with E-state index in [1.165, 1.54) is 5.56 Å². The molecule has 5 heteroatoms. The molecule has 1 saturated carbocycles. The molecule has 1 fully saturated rings. The average Bonchev–Trinajstić information content (AvgIpc) is 2.91. The first kappa shape index (κ1) is 16.6. The normalized spacial score (nSPS) is 20.6. The van der Waals surface area contributed by atoms with Crippen LogP contribution in [0.3, 0.4) is 0 Å². The highest BCUT2D eigenvalue weighted by molar-refractivity contribution is 5.59. The first-order valence-corrected chi connectivity index (χ1v) is 7.88. The third kappa shape index (κ3) is 5.22. The molecule has 1 aliphatic rings. The quantitative estimate of drug-likeness (QED) is 0.620. The molecule has 5 nitrogen and oxygen atoms in total. The van der Waals surface area contributed by atoms with Crippen molar-refractivity contribution in [2.24, 2.45) is 5.92 Å². The van der Waals surface area contributed by atoms with Crippen molar-refractivity contribution in [1.29, 1.82) is 0 Å². The Balaban J connectivity index is 1.69. The second kappa shape index (κ2) is 8.63. The zero-order chi connectivity index (χ0) is 15.8. The number of benzene rings is 1. The molecule has 0 amide bonds. The van der Waals surface area contributed by atoms with Crippen molar-refractivity contribution in [2.45, 2.75) is 38.7 Å². The molecule has 0 spiro atoms. The van der Waals surface area contributed by atoms with Crippen molar-refractivity contribution in [3.05, 3.63) is 29.8 Å². The number of aliphatic hydroxyl groups is 1. The van der Waals surface area contributed by atoms with E-state index in [1.807, 2.05) is 24.3 Å². The Hall–Kier alpha value is -1.75. The van der Waals surface area contributed by atoms with Crippen LogP contribution in [0.25, 0.3) is 0 Å². The maximum absolute atomic E-state index is 11.0. The third-order valence-electron chi connectivity index (χ3n) is 3.87. The van der Waals surface area contributed by atoms with E-state index in [2.05, 4.69) is 4.74 Å². The fourth-order valence-electron chi connectivity index (χ4n) is 2.72. The number of rotatable bonds is 7. The largest absolute Gasteiger partial charge is 0.508 e. The highest BCUT2D eigenvalue weighted by Gasteiger charge is 2.24. The van der Waals surface area contributed by atoms with Gasteiger partial charge in [-0.2, -0.15) is 0 Å². The predicted octanol–water partition coefficient (Wildman–Crippen LogP) is 2.94. The lowest BCUT2D eigenvalue weighted by Gasteiger charge is -2.14. The highest BCUT2D eigenvalue weighted by Crippen LogP contribution is 2.29. The van der Waals surface area contributed by atoms with Gasteiger partial charge in [-0.05, 0) is 49.8 Å². The van der Waals surface area contributed by atoms with E-state index in [-0.39, 0.29) is 12.7 Å². The van der Waals surface area contributed by atoms with Gasteiger partial charge in [0.15, 0.2) is 0 Å². The molecule has 0 unspecified atom stereocenters. The van der Waals surface area contributed by atoms with Crippen molar-refractivity contribution < 1.29 is 24.1 Å². The standard InChI is InChI=1S/C17H24O5/c1-2-20-17(19)22-11-10-21-15-8-6-13(7-9-15)12-14-4-3-5-16(14)18/h6-9,14,16,18H,2-5,10-12H2,1H3/t14-,16+/m1/s1. The van der Waals surface area contributed by atoms with Crippen LogP contribution in [-0.2, 0) is 15.9 Å². The summed E-state index contributed by atoms with van der Waals surface area (Å²) in [6, 6.07) is 7.85. The summed E-state index contributed by atoms with van der Waals surface area (Å²) in [5.74, 6) is 1.12. The van der Waals surface area contributed by atoms with Crippen LogP contribution < -0.4 is 4.74 Å². The van der Waals surface area contributed by atoms with E-state index >= 15 is 0 Å². The van der Waals surface area contributed by atoms with Crippen molar-refractivity contribution in [2.75, 3.05) is 19.8 Å². The maximum Gasteiger partial charge on any atom is 0.508 e. The topological polar surface area (TPSA) is 65.0 Å². The van der Waals surface area contributed by atoms with Gasteiger partial charge in [0.05, 0.1) is 12.7 Å². The van der Waals surface area contributed by atoms with Crippen LogP contribution in [0.2, 0.25) is 0 Å². The number of hydrogen-bond donors (Lipinski definition) is 1. The predicted molar refractivity (Wildman–Crippen MR) is 82.0 cm³/mol. The lowest BCUT2D eigenvalue weighted by molar-refractivity contribution is 0.0495. The summed E-state index contributed by atoms with van der Waals surface area (Å²) < 4.78 is 15.0. The second-order valence-electron chi connectivity index (χ2n) is 5.49. The Kier molecular flexibility index (Phi) is 6.52. The first-order chi connectivity index (χ1) is 10.7. The van der Waals surface area contributed by atoms with Gasteiger partial charge >= 0.3 is 6.16 Å². The molecule has 1 aliphatic carbocycles. The lowest BCUT2D eigenvalue weighted by atomic mass is 9.96. The van der Waals surface area contributed by atoms with Gasteiger partial charge < -0.3 is 19.3 Å². The molecule has 0 aromatic heterocycles. The minimum Gasteiger partial charge on any atom is -0.490 e.